The Morgan fingerprint density at radius 3 is 2.76 bits per heavy atom. The topological polar surface area (TPSA) is 64.3 Å². The third kappa shape index (κ3) is 3.04. The summed E-state index contributed by atoms with van der Waals surface area (Å²) in [6, 6.07) is 5.31. The van der Waals surface area contributed by atoms with Crippen molar-refractivity contribution in [3.63, 3.8) is 0 Å². The maximum atomic E-state index is 11.2. The van der Waals surface area contributed by atoms with Crippen LogP contribution in [0.4, 0.5) is 0 Å². The Hall–Kier alpha value is -1.88. The highest BCUT2D eigenvalue weighted by atomic mass is 16.5. The van der Waals surface area contributed by atoms with E-state index in [9.17, 15) is 4.79 Å². The summed E-state index contributed by atoms with van der Waals surface area (Å²) in [4.78, 5) is 15.4. The summed E-state index contributed by atoms with van der Waals surface area (Å²) in [5, 5.41) is 7.57. The molecule has 0 amide bonds. The standard InChI is InChI=1S/C10H10N2O2.C2H6O/c1-12-6-11-8-5-7(10(13)14-2)3-4-9(8)12;1-2-3/h3-6H,1-2H3;3H,2H2,1H3. The molecule has 2 aromatic rings. The number of aliphatic hydroxyl groups is 1. The zero-order valence-electron chi connectivity index (χ0n) is 10.2. The molecule has 0 radical (unpaired) electrons. The monoisotopic (exact) mass is 236 g/mol. The first-order chi connectivity index (χ1) is 8.13. The summed E-state index contributed by atoms with van der Waals surface area (Å²) in [6.45, 7) is 1.93. The number of carbonyl (C=O) groups is 1. The van der Waals surface area contributed by atoms with Gasteiger partial charge in [0, 0.05) is 13.7 Å². The number of rotatable bonds is 1. The smallest absolute Gasteiger partial charge is 0.337 e. The van der Waals surface area contributed by atoms with Crippen LogP contribution in [0.1, 0.15) is 17.3 Å². The number of methoxy groups -OCH3 is 1. The Morgan fingerprint density at radius 2 is 2.18 bits per heavy atom. The van der Waals surface area contributed by atoms with Gasteiger partial charge >= 0.3 is 5.97 Å². The van der Waals surface area contributed by atoms with Crippen LogP contribution in [-0.2, 0) is 11.8 Å². The molecule has 5 nitrogen and oxygen atoms in total. The van der Waals surface area contributed by atoms with Crippen LogP contribution in [0, 0.1) is 0 Å². The number of ether oxygens (including phenoxy) is 1. The third-order valence-corrected chi connectivity index (χ3v) is 2.15. The Balaban J connectivity index is 0.000000437. The van der Waals surface area contributed by atoms with Crippen molar-refractivity contribution in [3.05, 3.63) is 30.1 Å². The minimum atomic E-state index is -0.336. The number of esters is 1. The van der Waals surface area contributed by atoms with E-state index < -0.39 is 0 Å². The van der Waals surface area contributed by atoms with E-state index in [4.69, 9.17) is 5.11 Å². The zero-order chi connectivity index (χ0) is 12.8. The number of aryl methyl sites for hydroxylation is 1. The van der Waals surface area contributed by atoms with Gasteiger partial charge in [-0.1, -0.05) is 0 Å². The maximum Gasteiger partial charge on any atom is 0.337 e. The molecule has 1 heterocycles. The zero-order valence-corrected chi connectivity index (χ0v) is 10.2. The van der Waals surface area contributed by atoms with E-state index in [-0.39, 0.29) is 12.6 Å². The molecule has 92 valence electrons. The number of nitrogens with zero attached hydrogens (tertiary/aromatic N) is 2. The lowest BCUT2D eigenvalue weighted by molar-refractivity contribution is 0.0601. The van der Waals surface area contributed by atoms with Gasteiger partial charge in [0.1, 0.15) is 0 Å². The molecule has 0 aliphatic heterocycles. The number of fused-ring (bicyclic) bond motifs is 1. The van der Waals surface area contributed by atoms with Crippen molar-refractivity contribution >= 4 is 17.0 Å². The largest absolute Gasteiger partial charge is 0.465 e. The lowest BCUT2D eigenvalue weighted by Crippen LogP contribution is -2.00. The van der Waals surface area contributed by atoms with Gasteiger partial charge < -0.3 is 14.4 Å². The maximum absolute atomic E-state index is 11.2. The predicted molar refractivity (Wildman–Crippen MR) is 64.8 cm³/mol. The van der Waals surface area contributed by atoms with Crippen LogP contribution in [0.3, 0.4) is 0 Å². The number of hydrogen-bond acceptors (Lipinski definition) is 4. The van der Waals surface area contributed by atoms with Gasteiger partial charge in [-0.3, -0.25) is 0 Å². The van der Waals surface area contributed by atoms with Crippen molar-refractivity contribution in [2.24, 2.45) is 7.05 Å². The molecular weight excluding hydrogens is 220 g/mol. The molecule has 0 bridgehead atoms. The lowest BCUT2D eigenvalue weighted by atomic mass is 10.2. The van der Waals surface area contributed by atoms with Crippen molar-refractivity contribution in [1.29, 1.82) is 0 Å². The highest BCUT2D eigenvalue weighted by Gasteiger charge is 2.07. The number of carbonyl (C=O) groups excluding carboxylic acids is 1. The van der Waals surface area contributed by atoms with Crippen molar-refractivity contribution in [1.82, 2.24) is 9.55 Å². The van der Waals surface area contributed by atoms with Crippen LogP contribution in [-0.4, -0.2) is 34.3 Å². The Labute approximate surface area is 99.7 Å². The fourth-order valence-electron chi connectivity index (χ4n) is 1.38. The summed E-state index contributed by atoms with van der Waals surface area (Å²) >= 11 is 0. The van der Waals surface area contributed by atoms with Crippen molar-refractivity contribution < 1.29 is 14.6 Å². The van der Waals surface area contributed by atoms with Crippen LogP contribution in [0.2, 0.25) is 0 Å². The summed E-state index contributed by atoms with van der Waals surface area (Å²) < 4.78 is 6.52. The van der Waals surface area contributed by atoms with Gasteiger partial charge in [0.15, 0.2) is 0 Å². The Bertz CT molecular complexity index is 505. The molecule has 0 fully saturated rings. The molecule has 17 heavy (non-hydrogen) atoms. The van der Waals surface area contributed by atoms with Crippen LogP contribution < -0.4 is 0 Å². The number of aliphatic hydroxyl groups excluding tert-OH is 1. The number of hydrogen-bond donors (Lipinski definition) is 1. The molecular formula is C12H16N2O3. The number of aromatic nitrogens is 2. The molecule has 0 saturated carbocycles. The average molecular weight is 236 g/mol. The van der Waals surface area contributed by atoms with Crippen molar-refractivity contribution in [2.45, 2.75) is 6.92 Å². The minimum Gasteiger partial charge on any atom is -0.465 e. The molecule has 0 spiro atoms. The van der Waals surface area contributed by atoms with Gasteiger partial charge in [-0.05, 0) is 25.1 Å². The normalized spacial score (nSPS) is 9.65. The summed E-state index contributed by atoms with van der Waals surface area (Å²) in [6.07, 6.45) is 1.71. The van der Waals surface area contributed by atoms with Gasteiger partial charge in [0.2, 0.25) is 0 Å². The molecule has 0 aliphatic carbocycles. The fraction of sp³-hybridized carbons (Fsp3) is 0.333. The fourth-order valence-corrected chi connectivity index (χ4v) is 1.38. The first-order valence-electron chi connectivity index (χ1n) is 5.24. The molecule has 1 aromatic heterocycles. The SMILES string of the molecule is CCO.COC(=O)c1ccc2c(c1)ncn2C. The van der Waals surface area contributed by atoms with E-state index in [1.165, 1.54) is 7.11 Å². The molecule has 0 aliphatic rings. The van der Waals surface area contributed by atoms with Gasteiger partial charge in [0.25, 0.3) is 0 Å². The molecule has 5 heteroatoms. The lowest BCUT2D eigenvalue weighted by Gasteiger charge is -1.99. The Kier molecular flexibility index (Phi) is 4.66. The second-order valence-electron chi connectivity index (χ2n) is 3.37. The van der Waals surface area contributed by atoms with Crippen LogP contribution >= 0.6 is 0 Å². The van der Waals surface area contributed by atoms with Gasteiger partial charge in [-0.15, -0.1) is 0 Å². The minimum absolute atomic E-state index is 0.250. The molecule has 0 unspecified atom stereocenters. The second kappa shape index (κ2) is 6.00. The van der Waals surface area contributed by atoms with Gasteiger partial charge in [0.05, 0.1) is 30.0 Å². The molecule has 0 atom stereocenters. The van der Waals surface area contributed by atoms with Crippen molar-refractivity contribution in [2.75, 3.05) is 13.7 Å². The van der Waals surface area contributed by atoms with Crippen LogP contribution in [0.5, 0.6) is 0 Å². The predicted octanol–water partition coefficient (Wildman–Crippen LogP) is 1.36. The molecule has 0 saturated heterocycles. The van der Waals surface area contributed by atoms with E-state index in [2.05, 4.69) is 9.72 Å². The van der Waals surface area contributed by atoms with Gasteiger partial charge in [-0.2, -0.15) is 0 Å². The van der Waals surface area contributed by atoms with E-state index >= 15 is 0 Å². The first kappa shape index (κ1) is 13.2. The molecule has 2 rings (SSSR count). The highest BCUT2D eigenvalue weighted by Crippen LogP contribution is 2.14. The summed E-state index contributed by atoms with van der Waals surface area (Å²) in [5.41, 5.74) is 2.33. The van der Waals surface area contributed by atoms with Gasteiger partial charge in [-0.25, -0.2) is 9.78 Å². The second-order valence-corrected chi connectivity index (χ2v) is 3.37. The highest BCUT2D eigenvalue weighted by molar-refractivity contribution is 5.93. The van der Waals surface area contributed by atoms with Crippen LogP contribution in [0.15, 0.2) is 24.5 Å². The number of benzene rings is 1. The average Bonchev–Trinajstić information content (AvgIpc) is 2.71. The third-order valence-electron chi connectivity index (χ3n) is 2.15. The Morgan fingerprint density at radius 1 is 1.53 bits per heavy atom. The molecule has 1 N–H and O–H groups in total. The number of imidazole rings is 1. The van der Waals surface area contributed by atoms with E-state index in [0.29, 0.717) is 5.56 Å². The summed E-state index contributed by atoms with van der Waals surface area (Å²) in [5.74, 6) is -0.336. The molecule has 1 aromatic carbocycles. The van der Waals surface area contributed by atoms with Crippen molar-refractivity contribution in [3.8, 4) is 0 Å². The van der Waals surface area contributed by atoms with E-state index in [1.807, 2.05) is 17.7 Å². The first-order valence-corrected chi connectivity index (χ1v) is 5.24. The quantitative estimate of drug-likeness (QED) is 0.759. The summed E-state index contributed by atoms with van der Waals surface area (Å²) in [7, 11) is 3.28. The van der Waals surface area contributed by atoms with E-state index in [0.717, 1.165) is 11.0 Å². The van der Waals surface area contributed by atoms with Crippen LogP contribution in [0.25, 0.3) is 11.0 Å². The van der Waals surface area contributed by atoms with E-state index in [1.54, 1.807) is 25.4 Å².